The molecule has 0 fully saturated rings. The lowest BCUT2D eigenvalue weighted by molar-refractivity contribution is -0.110. The summed E-state index contributed by atoms with van der Waals surface area (Å²) in [6, 6.07) is 10.1. The van der Waals surface area contributed by atoms with E-state index in [-0.39, 0.29) is 5.91 Å². The van der Waals surface area contributed by atoms with Crippen LogP contribution in [0.5, 0.6) is 0 Å². The number of H-pyrrole nitrogens is 1. The Morgan fingerprint density at radius 3 is 2.91 bits per heavy atom. The third-order valence-electron chi connectivity index (χ3n) is 5.11. The van der Waals surface area contributed by atoms with Gasteiger partial charge in [0.2, 0.25) is 0 Å². The Kier molecular flexibility index (Phi) is 3.37. The number of carbonyl (C=O) groups is 1. The second-order valence-corrected chi connectivity index (χ2v) is 6.96. The lowest BCUT2D eigenvalue weighted by atomic mass is 9.80. The molecule has 1 aromatic heterocycles. The number of para-hydroxylation sites is 1. The van der Waals surface area contributed by atoms with Crippen LogP contribution < -0.4 is 5.32 Å². The Morgan fingerprint density at radius 1 is 1.26 bits per heavy atom. The van der Waals surface area contributed by atoms with Crippen LogP contribution in [0, 0.1) is 5.92 Å². The molecule has 1 atom stereocenters. The smallest absolute Gasteiger partial charge is 0.256 e. The minimum absolute atomic E-state index is 0.0146. The molecule has 2 aliphatic rings. The van der Waals surface area contributed by atoms with Gasteiger partial charge in [-0.1, -0.05) is 32.0 Å². The first-order valence-corrected chi connectivity index (χ1v) is 8.47. The first-order valence-electron chi connectivity index (χ1n) is 8.47. The second-order valence-electron chi connectivity index (χ2n) is 6.96. The van der Waals surface area contributed by atoms with Crippen molar-refractivity contribution < 1.29 is 4.79 Å². The average Bonchev–Trinajstić information content (AvgIpc) is 3.08. The van der Waals surface area contributed by atoms with Crippen LogP contribution in [-0.4, -0.2) is 10.9 Å². The molecule has 1 unspecified atom stereocenters. The van der Waals surface area contributed by atoms with Gasteiger partial charge in [-0.25, -0.2) is 0 Å². The number of hydrogen-bond acceptors (Lipinski definition) is 1. The van der Waals surface area contributed by atoms with Gasteiger partial charge in [-0.15, -0.1) is 0 Å². The molecule has 0 saturated carbocycles. The predicted molar refractivity (Wildman–Crippen MR) is 94.3 cm³/mol. The molecule has 0 saturated heterocycles. The SMILES string of the molecule is CC(C)C1CCCc2[nH]c(C=C3C(=O)Nc4ccccc43)cc21. The van der Waals surface area contributed by atoms with E-state index in [0.717, 1.165) is 28.9 Å². The molecule has 1 aromatic carbocycles. The van der Waals surface area contributed by atoms with Crippen LogP contribution in [0.25, 0.3) is 11.6 Å². The summed E-state index contributed by atoms with van der Waals surface area (Å²) in [4.78, 5) is 15.8. The highest BCUT2D eigenvalue weighted by Crippen LogP contribution is 2.38. The number of amides is 1. The molecule has 0 radical (unpaired) electrons. The zero-order valence-corrected chi connectivity index (χ0v) is 13.6. The molecule has 2 heterocycles. The highest BCUT2D eigenvalue weighted by atomic mass is 16.2. The molecule has 4 rings (SSSR count). The highest BCUT2D eigenvalue weighted by Gasteiger charge is 2.26. The molecule has 3 heteroatoms. The first kappa shape index (κ1) is 14.3. The molecule has 23 heavy (non-hydrogen) atoms. The zero-order valence-electron chi connectivity index (χ0n) is 13.6. The fraction of sp³-hybridized carbons (Fsp3) is 0.350. The molecule has 3 nitrogen and oxygen atoms in total. The number of fused-ring (bicyclic) bond motifs is 2. The number of carbonyl (C=O) groups excluding carboxylic acids is 1. The minimum atomic E-state index is -0.0146. The maximum atomic E-state index is 12.3. The third-order valence-corrected chi connectivity index (χ3v) is 5.11. The summed E-state index contributed by atoms with van der Waals surface area (Å²) in [6.45, 7) is 4.59. The highest BCUT2D eigenvalue weighted by molar-refractivity contribution is 6.34. The molecule has 0 bridgehead atoms. The number of aromatic amines is 1. The quantitative estimate of drug-likeness (QED) is 0.784. The summed E-state index contributed by atoms with van der Waals surface area (Å²) in [5.74, 6) is 1.27. The second kappa shape index (κ2) is 5.41. The summed E-state index contributed by atoms with van der Waals surface area (Å²) >= 11 is 0. The largest absolute Gasteiger partial charge is 0.359 e. The first-order chi connectivity index (χ1) is 11.1. The van der Waals surface area contributed by atoms with E-state index in [1.54, 1.807) is 0 Å². The molecular formula is C20H22N2O. The van der Waals surface area contributed by atoms with E-state index < -0.39 is 0 Å². The van der Waals surface area contributed by atoms with E-state index in [2.05, 4.69) is 30.2 Å². The Bertz CT molecular complexity index is 798. The number of benzene rings is 1. The van der Waals surface area contributed by atoms with Crippen LogP contribution in [0.1, 0.15) is 55.1 Å². The predicted octanol–water partition coefficient (Wildman–Crippen LogP) is 4.58. The van der Waals surface area contributed by atoms with E-state index in [0.29, 0.717) is 11.8 Å². The molecule has 118 valence electrons. The van der Waals surface area contributed by atoms with E-state index in [1.807, 2.05) is 30.3 Å². The molecule has 1 aliphatic carbocycles. The summed E-state index contributed by atoms with van der Waals surface area (Å²) < 4.78 is 0. The van der Waals surface area contributed by atoms with Gasteiger partial charge in [0.25, 0.3) is 5.91 Å². The van der Waals surface area contributed by atoms with Crippen LogP contribution in [0.4, 0.5) is 5.69 Å². The molecule has 0 spiro atoms. The lowest BCUT2D eigenvalue weighted by Crippen LogP contribution is -2.13. The van der Waals surface area contributed by atoms with Gasteiger partial charge in [-0.2, -0.15) is 0 Å². The average molecular weight is 306 g/mol. The Balaban J connectivity index is 1.74. The maximum Gasteiger partial charge on any atom is 0.256 e. The van der Waals surface area contributed by atoms with E-state index >= 15 is 0 Å². The van der Waals surface area contributed by atoms with Crippen LogP contribution >= 0.6 is 0 Å². The summed E-state index contributed by atoms with van der Waals surface area (Å²) in [6.07, 6.45) is 5.62. The Hall–Kier alpha value is -2.29. The molecule has 1 aliphatic heterocycles. The molecule has 1 amide bonds. The van der Waals surface area contributed by atoms with Gasteiger partial charge < -0.3 is 10.3 Å². The van der Waals surface area contributed by atoms with E-state index in [1.165, 1.54) is 24.1 Å². The van der Waals surface area contributed by atoms with Crippen molar-refractivity contribution in [3.05, 3.63) is 52.8 Å². The number of nitrogens with one attached hydrogen (secondary N) is 2. The summed E-state index contributed by atoms with van der Waals surface area (Å²) in [5, 5.41) is 2.94. The minimum Gasteiger partial charge on any atom is -0.359 e. The van der Waals surface area contributed by atoms with Crippen molar-refractivity contribution >= 4 is 23.2 Å². The van der Waals surface area contributed by atoms with Crippen molar-refractivity contribution in [1.82, 2.24) is 4.98 Å². The monoisotopic (exact) mass is 306 g/mol. The number of hydrogen-bond donors (Lipinski definition) is 2. The number of anilines is 1. The van der Waals surface area contributed by atoms with Gasteiger partial charge >= 0.3 is 0 Å². The van der Waals surface area contributed by atoms with Crippen molar-refractivity contribution in [3.63, 3.8) is 0 Å². The summed E-state index contributed by atoms with van der Waals surface area (Å²) in [7, 11) is 0. The van der Waals surface area contributed by atoms with Crippen LogP contribution in [0.2, 0.25) is 0 Å². The van der Waals surface area contributed by atoms with Gasteiger partial charge in [-0.3, -0.25) is 4.79 Å². The fourth-order valence-electron chi connectivity index (χ4n) is 3.94. The lowest BCUT2D eigenvalue weighted by Gasteiger charge is -2.25. The summed E-state index contributed by atoms with van der Waals surface area (Å²) in [5.41, 5.74) is 6.49. The topological polar surface area (TPSA) is 44.9 Å². The Morgan fingerprint density at radius 2 is 2.09 bits per heavy atom. The number of rotatable bonds is 2. The van der Waals surface area contributed by atoms with E-state index in [4.69, 9.17) is 0 Å². The zero-order chi connectivity index (χ0) is 16.0. The van der Waals surface area contributed by atoms with Crippen LogP contribution in [0.15, 0.2) is 30.3 Å². The van der Waals surface area contributed by atoms with E-state index in [9.17, 15) is 4.79 Å². The van der Waals surface area contributed by atoms with Gasteiger partial charge in [0, 0.05) is 22.6 Å². The van der Waals surface area contributed by atoms with Crippen molar-refractivity contribution in [2.45, 2.75) is 39.0 Å². The van der Waals surface area contributed by atoms with Crippen molar-refractivity contribution in [2.75, 3.05) is 5.32 Å². The van der Waals surface area contributed by atoms with Crippen molar-refractivity contribution in [3.8, 4) is 0 Å². The molecule has 2 aromatic rings. The van der Waals surface area contributed by atoms with Crippen LogP contribution in [-0.2, 0) is 11.2 Å². The standard InChI is InChI=1S/C20H22N2O/c1-12(2)14-7-5-9-19-16(14)10-13(21-19)11-17-15-6-3-4-8-18(15)22-20(17)23/h3-4,6,8,10-12,14,21H,5,7,9H2,1-2H3,(H,22,23). The Labute approximate surface area is 136 Å². The number of aryl methyl sites for hydroxylation is 1. The van der Waals surface area contributed by atoms with Crippen molar-refractivity contribution in [2.24, 2.45) is 5.92 Å². The molecule has 2 N–H and O–H groups in total. The number of aromatic nitrogens is 1. The van der Waals surface area contributed by atoms with Crippen molar-refractivity contribution in [1.29, 1.82) is 0 Å². The fourth-order valence-corrected chi connectivity index (χ4v) is 3.94. The normalized spacial score (nSPS) is 21.4. The van der Waals surface area contributed by atoms with Gasteiger partial charge in [0.1, 0.15) is 0 Å². The van der Waals surface area contributed by atoms with Crippen LogP contribution in [0.3, 0.4) is 0 Å². The molecular weight excluding hydrogens is 284 g/mol. The van der Waals surface area contributed by atoms with Gasteiger partial charge in [-0.05, 0) is 54.9 Å². The van der Waals surface area contributed by atoms with Gasteiger partial charge in [0.05, 0.1) is 5.57 Å². The third kappa shape index (κ3) is 2.40. The maximum absolute atomic E-state index is 12.3. The van der Waals surface area contributed by atoms with Gasteiger partial charge in [0.15, 0.2) is 0 Å².